The van der Waals surface area contributed by atoms with Crippen molar-refractivity contribution in [2.45, 2.75) is 103 Å². The van der Waals surface area contributed by atoms with Crippen LogP contribution in [0.1, 0.15) is 97.3 Å². The number of nitrogens with zero attached hydrogens (tertiary/aromatic N) is 1. The van der Waals surface area contributed by atoms with Crippen LogP contribution in [0.15, 0.2) is 48.5 Å². The van der Waals surface area contributed by atoms with E-state index in [9.17, 15) is 4.79 Å². The molecule has 1 fully saturated rings. The van der Waals surface area contributed by atoms with Crippen LogP contribution in [-0.4, -0.2) is 30.1 Å². The van der Waals surface area contributed by atoms with E-state index in [1.165, 1.54) is 75.0 Å². The summed E-state index contributed by atoms with van der Waals surface area (Å²) in [5.41, 5.74) is 0. The van der Waals surface area contributed by atoms with Crippen LogP contribution in [0.2, 0.25) is 0 Å². The van der Waals surface area contributed by atoms with Gasteiger partial charge in [-0.05, 0) is 23.6 Å². The Labute approximate surface area is 209 Å². The SMILES string of the molecule is CCCCCCCCCCCCCC(=O)NC(CC)N1CC1.Cl.c1ccc2ccccc2c1. The molecule has 1 aliphatic rings. The lowest BCUT2D eigenvalue weighted by atomic mass is 10.1. The quantitative estimate of drug-likeness (QED) is 0.209. The molecular weight excluding hydrogens is 428 g/mol. The first-order valence-corrected chi connectivity index (χ1v) is 13.2. The first-order valence-electron chi connectivity index (χ1n) is 13.2. The summed E-state index contributed by atoms with van der Waals surface area (Å²) < 4.78 is 0. The molecule has 0 aliphatic carbocycles. The van der Waals surface area contributed by atoms with Crippen molar-refractivity contribution in [3.05, 3.63) is 48.5 Å². The fourth-order valence-electron chi connectivity index (χ4n) is 4.16. The van der Waals surface area contributed by atoms with Crippen molar-refractivity contribution in [3.8, 4) is 0 Å². The third kappa shape index (κ3) is 13.7. The fourth-order valence-corrected chi connectivity index (χ4v) is 4.16. The van der Waals surface area contributed by atoms with Gasteiger partial charge in [-0.3, -0.25) is 9.69 Å². The van der Waals surface area contributed by atoms with Crippen LogP contribution < -0.4 is 5.32 Å². The van der Waals surface area contributed by atoms with E-state index in [-0.39, 0.29) is 18.3 Å². The van der Waals surface area contributed by atoms with Crippen molar-refractivity contribution in [3.63, 3.8) is 0 Å². The van der Waals surface area contributed by atoms with E-state index in [0.29, 0.717) is 12.6 Å². The maximum atomic E-state index is 11.9. The van der Waals surface area contributed by atoms with Crippen molar-refractivity contribution in [1.82, 2.24) is 10.2 Å². The predicted molar refractivity (Wildman–Crippen MR) is 146 cm³/mol. The minimum absolute atomic E-state index is 0. The fraction of sp³-hybridized carbons (Fsp3) is 0.621. The zero-order chi connectivity index (χ0) is 22.9. The van der Waals surface area contributed by atoms with Crippen molar-refractivity contribution in [2.75, 3.05) is 13.1 Å². The number of hydrogen-bond donors (Lipinski definition) is 1. The summed E-state index contributed by atoms with van der Waals surface area (Å²) in [7, 11) is 0. The van der Waals surface area contributed by atoms with Gasteiger partial charge in [0.25, 0.3) is 0 Å². The highest BCUT2D eigenvalue weighted by Crippen LogP contribution is 2.14. The van der Waals surface area contributed by atoms with Gasteiger partial charge in [0, 0.05) is 19.5 Å². The summed E-state index contributed by atoms with van der Waals surface area (Å²) in [5, 5.41) is 5.77. The van der Waals surface area contributed by atoms with E-state index in [1.54, 1.807) is 0 Å². The molecule has 3 rings (SSSR count). The largest absolute Gasteiger partial charge is 0.341 e. The molecule has 2 aromatic rings. The monoisotopic (exact) mass is 474 g/mol. The average molecular weight is 475 g/mol. The zero-order valence-corrected chi connectivity index (χ0v) is 21.9. The molecule has 0 bridgehead atoms. The Kier molecular flexibility index (Phi) is 16.8. The number of carbonyl (C=O) groups is 1. The molecule has 1 heterocycles. The van der Waals surface area contributed by atoms with Gasteiger partial charge >= 0.3 is 0 Å². The lowest BCUT2D eigenvalue weighted by Gasteiger charge is -2.17. The number of amides is 1. The maximum Gasteiger partial charge on any atom is 0.221 e. The minimum Gasteiger partial charge on any atom is -0.341 e. The summed E-state index contributed by atoms with van der Waals surface area (Å²) in [6.45, 7) is 6.71. The molecule has 2 aromatic carbocycles. The summed E-state index contributed by atoms with van der Waals surface area (Å²) in [4.78, 5) is 14.2. The van der Waals surface area contributed by atoms with Gasteiger partial charge in [-0.25, -0.2) is 0 Å². The number of carbonyl (C=O) groups excluding carboxylic acids is 1. The van der Waals surface area contributed by atoms with Crippen LogP contribution in [0.3, 0.4) is 0 Å². The second-order valence-electron chi connectivity index (χ2n) is 9.16. The van der Waals surface area contributed by atoms with E-state index in [1.807, 2.05) is 0 Å². The van der Waals surface area contributed by atoms with Crippen molar-refractivity contribution in [1.29, 1.82) is 0 Å². The molecule has 0 aromatic heterocycles. The molecule has 33 heavy (non-hydrogen) atoms. The summed E-state index contributed by atoms with van der Waals surface area (Å²) >= 11 is 0. The highest BCUT2D eigenvalue weighted by molar-refractivity contribution is 5.85. The first-order chi connectivity index (χ1) is 15.7. The molecule has 1 unspecified atom stereocenters. The molecule has 4 heteroatoms. The summed E-state index contributed by atoms with van der Waals surface area (Å²) in [6.07, 6.45) is 16.7. The van der Waals surface area contributed by atoms with Gasteiger partial charge in [0.05, 0.1) is 6.17 Å². The lowest BCUT2D eigenvalue weighted by Crippen LogP contribution is -2.39. The molecule has 1 N–H and O–H groups in total. The molecular formula is C29H47ClN2O. The number of fused-ring (bicyclic) bond motifs is 1. The Morgan fingerprint density at radius 3 is 1.58 bits per heavy atom. The normalized spacial score (nSPS) is 13.5. The second kappa shape index (κ2) is 18.8. The van der Waals surface area contributed by atoms with E-state index in [0.717, 1.165) is 25.9 Å². The molecule has 1 amide bonds. The van der Waals surface area contributed by atoms with Gasteiger partial charge < -0.3 is 5.32 Å². The smallest absolute Gasteiger partial charge is 0.221 e. The Bertz CT molecular complexity index is 682. The zero-order valence-electron chi connectivity index (χ0n) is 21.1. The molecule has 3 nitrogen and oxygen atoms in total. The molecule has 1 aliphatic heterocycles. The van der Waals surface area contributed by atoms with Crippen LogP contribution in [0.25, 0.3) is 10.8 Å². The number of hydrogen-bond acceptors (Lipinski definition) is 2. The van der Waals surface area contributed by atoms with Crippen molar-refractivity contribution in [2.24, 2.45) is 0 Å². The van der Waals surface area contributed by atoms with Crippen LogP contribution in [0, 0.1) is 0 Å². The third-order valence-electron chi connectivity index (χ3n) is 6.30. The van der Waals surface area contributed by atoms with E-state index in [4.69, 9.17) is 0 Å². The van der Waals surface area contributed by atoms with E-state index >= 15 is 0 Å². The first kappa shape index (κ1) is 29.5. The van der Waals surface area contributed by atoms with Crippen LogP contribution in [0.4, 0.5) is 0 Å². The average Bonchev–Trinajstić information content (AvgIpc) is 3.67. The highest BCUT2D eigenvalue weighted by Gasteiger charge is 2.26. The Morgan fingerprint density at radius 1 is 0.758 bits per heavy atom. The third-order valence-corrected chi connectivity index (χ3v) is 6.30. The van der Waals surface area contributed by atoms with Crippen LogP contribution >= 0.6 is 12.4 Å². The van der Waals surface area contributed by atoms with Gasteiger partial charge in [-0.1, -0.05) is 127 Å². The molecule has 0 radical (unpaired) electrons. The minimum atomic E-state index is 0. The number of benzene rings is 2. The van der Waals surface area contributed by atoms with Crippen molar-refractivity contribution >= 4 is 29.1 Å². The Morgan fingerprint density at radius 2 is 1.18 bits per heavy atom. The van der Waals surface area contributed by atoms with E-state index < -0.39 is 0 Å². The molecule has 186 valence electrons. The molecule has 1 saturated heterocycles. The predicted octanol–water partition coefficient (Wildman–Crippen LogP) is 8.12. The van der Waals surface area contributed by atoms with Gasteiger partial charge in [-0.2, -0.15) is 0 Å². The molecule has 0 spiro atoms. The van der Waals surface area contributed by atoms with Gasteiger partial charge in [0.1, 0.15) is 0 Å². The standard InChI is InChI=1S/C19H38N2O.C10H8.ClH/c1-3-5-6-7-8-9-10-11-12-13-14-15-19(22)20-18(4-2)21-16-17-21;1-2-6-10-8-4-3-7-9(10)5-1;/h18H,3-17H2,1-2H3,(H,20,22);1-8H;1H. The summed E-state index contributed by atoms with van der Waals surface area (Å²) in [5.74, 6) is 0.245. The van der Waals surface area contributed by atoms with Gasteiger partial charge in [-0.15, -0.1) is 12.4 Å². The van der Waals surface area contributed by atoms with Gasteiger partial charge in [0.15, 0.2) is 0 Å². The Hall–Kier alpha value is -1.58. The van der Waals surface area contributed by atoms with Crippen LogP contribution in [-0.2, 0) is 4.79 Å². The highest BCUT2D eigenvalue weighted by atomic mass is 35.5. The van der Waals surface area contributed by atoms with Gasteiger partial charge in [0.2, 0.25) is 5.91 Å². The van der Waals surface area contributed by atoms with Crippen LogP contribution in [0.5, 0.6) is 0 Å². The molecule has 0 saturated carbocycles. The molecule has 1 atom stereocenters. The summed E-state index contributed by atoms with van der Waals surface area (Å²) in [6, 6.07) is 16.7. The maximum absolute atomic E-state index is 11.9. The number of rotatable bonds is 15. The second-order valence-corrected chi connectivity index (χ2v) is 9.16. The number of nitrogens with one attached hydrogen (secondary N) is 1. The Balaban J connectivity index is 0.000000409. The number of halogens is 1. The topological polar surface area (TPSA) is 32.1 Å². The van der Waals surface area contributed by atoms with Crippen molar-refractivity contribution < 1.29 is 4.79 Å². The lowest BCUT2D eigenvalue weighted by molar-refractivity contribution is -0.122. The number of unbranched alkanes of at least 4 members (excludes halogenated alkanes) is 10. The van der Waals surface area contributed by atoms with E-state index in [2.05, 4.69) is 72.6 Å².